The second-order valence-corrected chi connectivity index (χ2v) is 9.96. The molecule has 0 bridgehead atoms. The van der Waals surface area contributed by atoms with Crippen LogP contribution in [0.3, 0.4) is 0 Å². The molecule has 0 unspecified atom stereocenters. The molecule has 0 aliphatic rings. The highest BCUT2D eigenvalue weighted by Gasteiger charge is 2.20. The number of rotatable bonds is 7. The Hall–Kier alpha value is -5.77. The summed E-state index contributed by atoms with van der Waals surface area (Å²) in [5, 5.41) is 14.5. The van der Waals surface area contributed by atoms with Crippen LogP contribution in [0.4, 0.5) is 16.2 Å². The van der Waals surface area contributed by atoms with E-state index in [1.165, 1.54) is 12.1 Å². The molecule has 0 saturated carbocycles. The number of nitrogens with zero attached hydrogens (tertiary/aromatic N) is 4. The molecule has 4 N–H and O–H groups in total. The van der Waals surface area contributed by atoms with Crippen LogP contribution < -0.4 is 21.3 Å². The van der Waals surface area contributed by atoms with Crippen molar-refractivity contribution in [3.63, 3.8) is 0 Å². The number of pyridine rings is 2. The average molecular weight is 575 g/mol. The van der Waals surface area contributed by atoms with E-state index < -0.39 is 11.9 Å². The first-order chi connectivity index (χ1) is 20.8. The monoisotopic (exact) mass is 574 g/mol. The van der Waals surface area contributed by atoms with Crippen LogP contribution in [0.2, 0.25) is 0 Å². The highest BCUT2D eigenvalue weighted by molar-refractivity contribution is 5.96. The number of hydrogen-bond acceptors (Lipinski definition) is 8. The molecule has 0 fully saturated rings. The number of aromatic nitrogens is 4. The Morgan fingerprint density at radius 3 is 2.53 bits per heavy atom. The van der Waals surface area contributed by atoms with E-state index in [0.717, 1.165) is 22.6 Å². The SMILES string of the molecule is COc1cc(-c2cccc3cc([C@H](C)Nc4cc(-c5cc(O)cc(F)c5)nc(N)n4)n(-c4ccccc4)c(=O)c23)ccn1. The second kappa shape index (κ2) is 11.2. The van der Waals surface area contributed by atoms with E-state index in [0.29, 0.717) is 39.7 Å². The smallest absolute Gasteiger partial charge is 0.263 e. The predicted molar refractivity (Wildman–Crippen MR) is 165 cm³/mol. The Kier molecular flexibility index (Phi) is 7.17. The van der Waals surface area contributed by atoms with Gasteiger partial charge in [-0.1, -0.05) is 36.4 Å². The van der Waals surface area contributed by atoms with Gasteiger partial charge < -0.3 is 20.9 Å². The third-order valence-electron chi connectivity index (χ3n) is 7.07. The minimum Gasteiger partial charge on any atom is -0.508 e. The number of nitrogens with one attached hydrogen (secondary N) is 1. The van der Waals surface area contributed by atoms with E-state index in [1.807, 2.05) is 67.6 Å². The number of methoxy groups -OCH3 is 1. The Morgan fingerprint density at radius 1 is 0.953 bits per heavy atom. The number of para-hydroxylation sites is 1. The van der Waals surface area contributed by atoms with Crippen LogP contribution in [-0.2, 0) is 0 Å². The lowest BCUT2D eigenvalue weighted by Crippen LogP contribution is -2.26. The average Bonchev–Trinajstić information content (AvgIpc) is 3.00. The van der Waals surface area contributed by atoms with Crippen molar-refractivity contribution in [1.29, 1.82) is 0 Å². The fraction of sp³-hybridized carbons (Fsp3) is 0.0909. The van der Waals surface area contributed by atoms with Crippen LogP contribution in [-0.4, -0.2) is 31.7 Å². The summed E-state index contributed by atoms with van der Waals surface area (Å²) < 4.78 is 21.0. The number of ether oxygens (including phenoxy) is 1. The molecule has 3 aromatic carbocycles. The number of fused-ring (bicyclic) bond motifs is 1. The van der Waals surface area contributed by atoms with E-state index in [9.17, 15) is 14.3 Å². The third-order valence-corrected chi connectivity index (χ3v) is 7.07. The maximum absolute atomic E-state index is 14.4. The maximum atomic E-state index is 14.4. The molecule has 0 aliphatic carbocycles. The summed E-state index contributed by atoms with van der Waals surface area (Å²) in [4.78, 5) is 27.1. The second-order valence-electron chi connectivity index (χ2n) is 9.96. The summed E-state index contributed by atoms with van der Waals surface area (Å²) in [5.41, 5.74) is 9.42. The van der Waals surface area contributed by atoms with Crippen molar-refractivity contribution >= 4 is 22.5 Å². The number of anilines is 2. The standard InChI is InChI=1S/C33H27FN6O3/c1-19(37-29-18-27(38-33(35)39-29)22-13-23(34)17-25(41)14-22)28-15-21-7-6-10-26(20-11-12-36-30(16-20)43-2)31(21)32(42)40(28)24-8-4-3-5-9-24/h3-19,41H,1-2H3,(H3,35,37,38,39)/t19-/m0/s1. The number of nitrogen functional groups attached to an aromatic ring is 1. The molecule has 0 aliphatic heterocycles. The lowest BCUT2D eigenvalue weighted by molar-refractivity contribution is 0.398. The Morgan fingerprint density at radius 2 is 1.77 bits per heavy atom. The van der Waals surface area contributed by atoms with Crippen molar-refractivity contribution in [1.82, 2.24) is 19.5 Å². The zero-order valence-electron chi connectivity index (χ0n) is 23.3. The van der Waals surface area contributed by atoms with E-state index in [1.54, 1.807) is 30.0 Å². The normalized spacial score (nSPS) is 11.8. The molecule has 3 aromatic heterocycles. The van der Waals surface area contributed by atoms with E-state index in [-0.39, 0.29) is 17.3 Å². The summed E-state index contributed by atoms with van der Waals surface area (Å²) >= 11 is 0. The van der Waals surface area contributed by atoms with Gasteiger partial charge in [0.25, 0.3) is 5.56 Å². The zero-order valence-corrected chi connectivity index (χ0v) is 23.3. The first-order valence-electron chi connectivity index (χ1n) is 13.5. The van der Waals surface area contributed by atoms with Crippen LogP contribution in [0.15, 0.2) is 102 Å². The summed E-state index contributed by atoms with van der Waals surface area (Å²) in [5.74, 6) is -0.0643. The van der Waals surface area contributed by atoms with Gasteiger partial charge in [0.1, 0.15) is 17.4 Å². The molecular weight excluding hydrogens is 547 g/mol. The van der Waals surface area contributed by atoms with Crippen LogP contribution in [0.1, 0.15) is 18.7 Å². The molecule has 0 saturated heterocycles. The highest BCUT2D eigenvalue weighted by atomic mass is 19.1. The fourth-order valence-electron chi connectivity index (χ4n) is 5.18. The van der Waals surface area contributed by atoms with Gasteiger partial charge in [-0.05, 0) is 59.8 Å². The number of halogens is 1. The van der Waals surface area contributed by atoms with E-state index >= 15 is 0 Å². The van der Waals surface area contributed by atoms with E-state index in [2.05, 4.69) is 20.3 Å². The first kappa shape index (κ1) is 27.4. The highest BCUT2D eigenvalue weighted by Crippen LogP contribution is 2.32. The van der Waals surface area contributed by atoms with Gasteiger partial charge >= 0.3 is 0 Å². The number of aromatic hydroxyl groups is 1. The van der Waals surface area contributed by atoms with Crippen molar-refractivity contribution in [2.24, 2.45) is 0 Å². The zero-order chi connectivity index (χ0) is 30.1. The molecule has 1 atom stereocenters. The van der Waals surface area contributed by atoms with Gasteiger partial charge in [0.05, 0.1) is 24.2 Å². The van der Waals surface area contributed by atoms with Gasteiger partial charge in [-0.15, -0.1) is 0 Å². The van der Waals surface area contributed by atoms with Crippen LogP contribution >= 0.6 is 0 Å². The summed E-state index contributed by atoms with van der Waals surface area (Å²) in [7, 11) is 1.55. The summed E-state index contributed by atoms with van der Waals surface area (Å²) in [6.45, 7) is 1.91. The number of benzene rings is 3. The molecule has 0 radical (unpaired) electrons. The molecule has 0 spiro atoms. The van der Waals surface area contributed by atoms with Crippen molar-refractivity contribution in [2.75, 3.05) is 18.2 Å². The lowest BCUT2D eigenvalue weighted by atomic mass is 9.98. The maximum Gasteiger partial charge on any atom is 0.263 e. The fourth-order valence-corrected chi connectivity index (χ4v) is 5.18. The first-order valence-corrected chi connectivity index (χ1v) is 13.5. The molecule has 214 valence electrons. The van der Waals surface area contributed by atoms with Crippen LogP contribution in [0.25, 0.3) is 38.8 Å². The van der Waals surface area contributed by atoms with Crippen molar-refractivity contribution in [3.05, 3.63) is 119 Å². The minimum absolute atomic E-state index is 0.0349. The minimum atomic E-state index is -0.609. The Balaban J connectivity index is 1.49. The predicted octanol–water partition coefficient (Wildman–Crippen LogP) is 6.12. The molecule has 9 nitrogen and oxygen atoms in total. The summed E-state index contributed by atoms with van der Waals surface area (Å²) in [6, 6.07) is 25.5. The third kappa shape index (κ3) is 5.45. The number of nitrogens with two attached hydrogens (primary N) is 1. The molecule has 10 heteroatoms. The van der Waals surface area contributed by atoms with Gasteiger partial charge in [-0.3, -0.25) is 9.36 Å². The quantitative estimate of drug-likeness (QED) is 0.208. The van der Waals surface area contributed by atoms with Crippen molar-refractivity contribution < 1.29 is 14.2 Å². The van der Waals surface area contributed by atoms with Gasteiger partial charge in [-0.25, -0.2) is 14.4 Å². The summed E-state index contributed by atoms with van der Waals surface area (Å²) in [6.07, 6.45) is 1.65. The molecular formula is C33H27FN6O3. The van der Waals surface area contributed by atoms with Crippen LogP contribution in [0, 0.1) is 5.82 Å². The molecule has 3 heterocycles. The molecule has 6 rings (SSSR count). The van der Waals surface area contributed by atoms with Gasteiger partial charge in [0, 0.05) is 41.3 Å². The van der Waals surface area contributed by atoms with Gasteiger partial charge in [-0.2, -0.15) is 4.98 Å². The molecule has 43 heavy (non-hydrogen) atoms. The van der Waals surface area contributed by atoms with Gasteiger partial charge in [0.15, 0.2) is 0 Å². The van der Waals surface area contributed by atoms with Gasteiger partial charge in [0.2, 0.25) is 11.8 Å². The topological polar surface area (TPSA) is 128 Å². The van der Waals surface area contributed by atoms with Crippen molar-refractivity contribution in [3.8, 4) is 39.7 Å². The Labute approximate surface area is 246 Å². The van der Waals surface area contributed by atoms with Crippen LogP contribution in [0.5, 0.6) is 11.6 Å². The molecule has 0 amide bonds. The molecule has 6 aromatic rings. The number of phenolic OH excluding ortho intramolecular Hbond substituents is 1. The van der Waals surface area contributed by atoms with Crippen molar-refractivity contribution in [2.45, 2.75) is 13.0 Å². The number of phenols is 1. The Bertz CT molecular complexity index is 2010. The lowest BCUT2D eigenvalue weighted by Gasteiger charge is -2.22. The largest absolute Gasteiger partial charge is 0.508 e. The number of hydrogen-bond donors (Lipinski definition) is 3. The van der Waals surface area contributed by atoms with E-state index in [4.69, 9.17) is 10.5 Å².